The van der Waals surface area contributed by atoms with Crippen LogP contribution in [0.3, 0.4) is 0 Å². The zero-order valence-electron chi connectivity index (χ0n) is 18.8. The molecule has 2 aliphatic heterocycles. The first kappa shape index (κ1) is 22.7. The maximum Gasteiger partial charge on any atom is 0.246 e. The first-order valence-corrected chi connectivity index (χ1v) is 11.3. The Hall–Kier alpha value is -2.50. The Labute approximate surface area is 199 Å². The Balaban J connectivity index is 1.79. The van der Waals surface area contributed by atoms with E-state index in [1.807, 2.05) is 51.1 Å². The zero-order valence-corrected chi connectivity index (χ0v) is 20.3. The number of nitrogens with zero attached hydrogens (tertiary/aromatic N) is 2. The fourth-order valence-electron chi connectivity index (χ4n) is 4.87. The number of aryl methyl sites for hydroxylation is 1. The Morgan fingerprint density at radius 2 is 1.84 bits per heavy atom. The summed E-state index contributed by atoms with van der Waals surface area (Å²) in [7, 11) is 1.80. The number of hydrogen-bond acceptors (Lipinski definition) is 3. The summed E-state index contributed by atoms with van der Waals surface area (Å²) in [6, 6.07) is 9.90. The number of fused-ring (bicyclic) bond motifs is 1. The van der Waals surface area contributed by atoms with Crippen LogP contribution in [0.1, 0.15) is 37.0 Å². The molecule has 1 fully saturated rings. The minimum absolute atomic E-state index is 0.0661. The van der Waals surface area contributed by atoms with Crippen LogP contribution in [0.5, 0.6) is 0 Å². The predicted molar refractivity (Wildman–Crippen MR) is 131 cm³/mol. The van der Waals surface area contributed by atoms with Crippen LogP contribution in [-0.2, 0) is 20.5 Å². The second-order valence-electron chi connectivity index (χ2n) is 9.20. The van der Waals surface area contributed by atoms with E-state index < -0.39 is 11.0 Å². The van der Waals surface area contributed by atoms with Crippen LogP contribution < -0.4 is 10.2 Å². The fraction of sp³-hybridized carbons (Fsp3) is 0.360. The summed E-state index contributed by atoms with van der Waals surface area (Å²) >= 11 is 13.2. The first-order chi connectivity index (χ1) is 15.0. The largest absolute Gasteiger partial charge is 0.374 e. The highest BCUT2D eigenvalue weighted by atomic mass is 35.5. The lowest BCUT2D eigenvalue weighted by molar-refractivity contribution is -0.125. The quantitative estimate of drug-likeness (QED) is 0.616. The van der Waals surface area contributed by atoms with E-state index in [2.05, 4.69) is 11.9 Å². The molecule has 2 amide bonds. The number of rotatable bonds is 4. The highest BCUT2D eigenvalue weighted by Gasteiger charge is 2.45. The van der Waals surface area contributed by atoms with Crippen LogP contribution in [0.25, 0.3) is 0 Å². The van der Waals surface area contributed by atoms with Crippen LogP contribution in [0.2, 0.25) is 10.0 Å². The SMILES string of the molecule is C=CC(=O)N1CCC(Nc2ccc3c(c2)N(C)C(=O)C3(C)C)(c2ccc(C)c(Cl)c2Cl)C1. The minimum Gasteiger partial charge on any atom is -0.374 e. The molecule has 32 heavy (non-hydrogen) atoms. The van der Waals surface area contributed by atoms with Gasteiger partial charge < -0.3 is 15.1 Å². The monoisotopic (exact) mass is 471 g/mol. The lowest BCUT2D eigenvalue weighted by atomic mass is 9.85. The van der Waals surface area contributed by atoms with Crippen molar-refractivity contribution in [2.24, 2.45) is 0 Å². The second-order valence-corrected chi connectivity index (χ2v) is 9.96. The summed E-state index contributed by atoms with van der Waals surface area (Å²) in [6.07, 6.45) is 1.99. The van der Waals surface area contributed by atoms with Crippen molar-refractivity contribution in [1.29, 1.82) is 0 Å². The van der Waals surface area contributed by atoms with Gasteiger partial charge in [0, 0.05) is 31.5 Å². The van der Waals surface area contributed by atoms with E-state index in [-0.39, 0.29) is 11.8 Å². The molecule has 0 aliphatic carbocycles. The average Bonchev–Trinajstić information content (AvgIpc) is 3.26. The maximum atomic E-state index is 12.7. The van der Waals surface area contributed by atoms with Crippen molar-refractivity contribution in [2.75, 3.05) is 30.4 Å². The molecular formula is C25H27Cl2N3O2. The van der Waals surface area contributed by atoms with Gasteiger partial charge in [-0.25, -0.2) is 0 Å². The number of carbonyl (C=O) groups excluding carboxylic acids is 2. The number of anilines is 2. The number of carbonyl (C=O) groups is 2. The molecule has 2 aromatic rings. The van der Waals surface area contributed by atoms with Crippen LogP contribution in [0, 0.1) is 6.92 Å². The molecule has 7 heteroatoms. The van der Waals surface area contributed by atoms with Gasteiger partial charge in [-0.3, -0.25) is 9.59 Å². The molecule has 0 aromatic heterocycles. The van der Waals surface area contributed by atoms with Gasteiger partial charge >= 0.3 is 0 Å². The third-order valence-corrected chi connectivity index (χ3v) is 7.78. The number of amides is 2. The summed E-state index contributed by atoms with van der Waals surface area (Å²) in [5.74, 6) is -0.0552. The van der Waals surface area contributed by atoms with E-state index in [1.165, 1.54) is 6.08 Å². The van der Waals surface area contributed by atoms with Gasteiger partial charge in [0.2, 0.25) is 11.8 Å². The molecule has 4 rings (SSSR count). The lowest BCUT2D eigenvalue weighted by Gasteiger charge is -2.34. The molecule has 0 bridgehead atoms. The van der Waals surface area contributed by atoms with Crippen molar-refractivity contribution < 1.29 is 9.59 Å². The lowest BCUT2D eigenvalue weighted by Crippen LogP contribution is -2.40. The van der Waals surface area contributed by atoms with Gasteiger partial charge in [-0.15, -0.1) is 0 Å². The molecule has 0 saturated carbocycles. The van der Waals surface area contributed by atoms with E-state index in [0.717, 1.165) is 28.1 Å². The maximum absolute atomic E-state index is 12.7. The van der Waals surface area contributed by atoms with Gasteiger partial charge in [0.1, 0.15) is 0 Å². The zero-order chi connectivity index (χ0) is 23.4. The van der Waals surface area contributed by atoms with Gasteiger partial charge in [0.25, 0.3) is 0 Å². The third-order valence-electron chi connectivity index (χ3n) is 6.80. The summed E-state index contributed by atoms with van der Waals surface area (Å²) in [5.41, 5.74) is 3.28. The van der Waals surface area contributed by atoms with Crippen LogP contribution in [0.4, 0.5) is 11.4 Å². The number of halogens is 2. The highest BCUT2D eigenvalue weighted by molar-refractivity contribution is 6.43. The molecule has 2 aliphatic rings. The smallest absolute Gasteiger partial charge is 0.246 e. The standard InChI is InChI=1S/C25H27Cl2N3O2/c1-6-20(31)30-12-11-25(14-30,18-9-7-15(2)21(26)22(18)27)28-16-8-10-17-19(13-16)29(5)23(32)24(17,3)4/h6-10,13,28H,1,11-12,14H2,2-5H3. The van der Waals surface area contributed by atoms with E-state index >= 15 is 0 Å². The molecule has 5 nitrogen and oxygen atoms in total. The van der Waals surface area contributed by atoms with Crippen LogP contribution >= 0.6 is 23.2 Å². The van der Waals surface area contributed by atoms with Crippen LogP contribution in [-0.4, -0.2) is 36.9 Å². The van der Waals surface area contributed by atoms with Crippen molar-refractivity contribution >= 4 is 46.4 Å². The van der Waals surface area contributed by atoms with Crippen molar-refractivity contribution in [3.63, 3.8) is 0 Å². The van der Waals surface area contributed by atoms with Gasteiger partial charge in [-0.05, 0) is 62.1 Å². The second kappa shape index (κ2) is 7.82. The van der Waals surface area contributed by atoms with Crippen molar-refractivity contribution in [2.45, 2.75) is 38.1 Å². The van der Waals surface area contributed by atoms with Gasteiger partial charge in [0.15, 0.2) is 0 Å². The van der Waals surface area contributed by atoms with Crippen molar-refractivity contribution in [3.8, 4) is 0 Å². The summed E-state index contributed by atoms with van der Waals surface area (Å²) in [6.45, 7) is 10.4. The predicted octanol–water partition coefficient (Wildman–Crippen LogP) is 5.28. The Bertz CT molecular complexity index is 1140. The van der Waals surface area contributed by atoms with Crippen LogP contribution in [0.15, 0.2) is 43.0 Å². The fourth-order valence-corrected chi connectivity index (χ4v) is 5.43. The molecule has 1 N–H and O–H groups in total. The minimum atomic E-state index is -0.627. The highest BCUT2D eigenvalue weighted by Crippen LogP contribution is 2.45. The molecular weight excluding hydrogens is 445 g/mol. The first-order valence-electron chi connectivity index (χ1n) is 10.6. The Morgan fingerprint density at radius 3 is 2.53 bits per heavy atom. The summed E-state index contributed by atoms with van der Waals surface area (Å²) in [5, 5.41) is 4.65. The van der Waals surface area contributed by atoms with E-state index in [4.69, 9.17) is 23.2 Å². The molecule has 1 unspecified atom stereocenters. The molecule has 2 aromatic carbocycles. The summed E-state index contributed by atoms with van der Waals surface area (Å²) < 4.78 is 0. The topological polar surface area (TPSA) is 52.7 Å². The molecule has 1 atom stereocenters. The van der Waals surface area contributed by atoms with Crippen molar-refractivity contribution in [3.05, 3.63) is 69.7 Å². The molecule has 2 heterocycles. The molecule has 168 valence electrons. The normalized spacial score (nSPS) is 21.6. The number of benzene rings is 2. The van der Waals surface area contributed by atoms with E-state index in [0.29, 0.717) is 29.6 Å². The number of hydrogen-bond donors (Lipinski definition) is 1. The van der Waals surface area contributed by atoms with Gasteiger partial charge in [0.05, 0.1) is 21.0 Å². The third kappa shape index (κ3) is 3.39. The average molecular weight is 472 g/mol. The molecule has 1 saturated heterocycles. The Kier molecular flexibility index (Phi) is 5.54. The van der Waals surface area contributed by atoms with Crippen molar-refractivity contribution in [1.82, 2.24) is 4.90 Å². The van der Waals surface area contributed by atoms with E-state index in [1.54, 1.807) is 16.8 Å². The Morgan fingerprint density at radius 1 is 1.16 bits per heavy atom. The molecule has 0 radical (unpaired) electrons. The molecule has 0 spiro atoms. The number of nitrogens with one attached hydrogen (secondary N) is 1. The summed E-state index contributed by atoms with van der Waals surface area (Å²) in [4.78, 5) is 28.5. The number of likely N-dealkylation sites (N-methyl/N-ethyl adjacent to an activating group) is 1. The van der Waals surface area contributed by atoms with Gasteiger partial charge in [-0.1, -0.05) is 48.0 Å². The number of likely N-dealkylation sites (tertiary alicyclic amines) is 1. The van der Waals surface area contributed by atoms with Gasteiger partial charge in [-0.2, -0.15) is 0 Å². The van der Waals surface area contributed by atoms with E-state index in [9.17, 15) is 9.59 Å².